The second kappa shape index (κ2) is 8.74. The molecule has 0 saturated carbocycles. The Morgan fingerprint density at radius 2 is 1.94 bits per heavy atom. The molecule has 0 bridgehead atoms. The van der Waals surface area contributed by atoms with Crippen LogP contribution < -0.4 is 5.73 Å². The molecule has 1 heterocycles. The van der Waals surface area contributed by atoms with Crippen molar-refractivity contribution in [2.45, 2.75) is 38.6 Å². The van der Waals surface area contributed by atoms with Crippen molar-refractivity contribution in [3.8, 4) is 0 Å². The van der Waals surface area contributed by atoms with Gasteiger partial charge in [0.1, 0.15) is 0 Å². The average molecular weight is 240 g/mol. The summed E-state index contributed by atoms with van der Waals surface area (Å²) in [5.41, 5.74) is 5.46. The Bertz CT molecular complexity index is 246. The molecule has 0 saturated heterocycles. The van der Waals surface area contributed by atoms with Crippen LogP contribution in [-0.2, 0) is 6.54 Å². The van der Waals surface area contributed by atoms with Gasteiger partial charge in [0, 0.05) is 11.4 Å². The van der Waals surface area contributed by atoms with Crippen molar-refractivity contribution >= 4 is 11.3 Å². The van der Waals surface area contributed by atoms with Gasteiger partial charge in [-0.2, -0.15) is 0 Å². The van der Waals surface area contributed by atoms with Crippen LogP contribution in [0.5, 0.6) is 0 Å². The SMILES string of the molecule is CN(CCCCCCCN)Cc1cccs1. The summed E-state index contributed by atoms with van der Waals surface area (Å²) >= 11 is 1.85. The second-order valence-corrected chi connectivity index (χ2v) is 5.41. The number of hydrogen-bond acceptors (Lipinski definition) is 3. The molecule has 0 aliphatic heterocycles. The largest absolute Gasteiger partial charge is 0.330 e. The van der Waals surface area contributed by atoms with Crippen LogP contribution in [0, 0.1) is 0 Å². The van der Waals surface area contributed by atoms with Gasteiger partial charge in [-0.25, -0.2) is 0 Å². The minimum Gasteiger partial charge on any atom is -0.330 e. The van der Waals surface area contributed by atoms with E-state index < -0.39 is 0 Å². The zero-order valence-corrected chi connectivity index (χ0v) is 11.1. The third-order valence-electron chi connectivity index (χ3n) is 2.75. The van der Waals surface area contributed by atoms with Crippen LogP contribution in [0.1, 0.15) is 37.0 Å². The zero-order valence-electron chi connectivity index (χ0n) is 10.3. The Hall–Kier alpha value is -0.380. The van der Waals surface area contributed by atoms with E-state index in [1.54, 1.807) is 0 Å². The monoisotopic (exact) mass is 240 g/mol. The van der Waals surface area contributed by atoms with Gasteiger partial charge in [-0.15, -0.1) is 11.3 Å². The maximum absolute atomic E-state index is 5.46. The smallest absolute Gasteiger partial charge is 0.0324 e. The van der Waals surface area contributed by atoms with Crippen LogP contribution in [0.4, 0.5) is 0 Å². The molecule has 3 heteroatoms. The Morgan fingerprint density at radius 1 is 1.19 bits per heavy atom. The van der Waals surface area contributed by atoms with E-state index in [2.05, 4.69) is 29.5 Å². The van der Waals surface area contributed by atoms with E-state index in [9.17, 15) is 0 Å². The van der Waals surface area contributed by atoms with Gasteiger partial charge >= 0.3 is 0 Å². The number of hydrogen-bond donors (Lipinski definition) is 1. The molecule has 0 aliphatic rings. The van der Waals surface area contributed by atoms with E-state index >= 15 is 0 Å². The van der Waals surface area contributed by atoms with Crippen molar-refractivity contribution < 1.29 is 0 Å². The number of nitrogens with zero attached hydrogens (tertiary/aromatic N) is 1. The van der Waals surface area contributed by atoms with Crippen molar-refractivity contribution in [1.82, 2.24) is 4.90 Å². The highest BCUT2D eigenvalue weighted by atomic mass is 32.1. The van der Waals surface area contributed by atoms with Crippen LogP contribution in [0.2, 0.25) is 0 Å². The van der Waals surface area contributed by atoms with Gasteiger partial charge in [-0.05, 0) is 44.4 Å². The van der Waals surface area contributed by atoms with E-state index in [0.29, 0.717) is 0 Å². The molecule has 1 aromatic rings. The summed E-state index contributed by atoms with van der Waals surface area (Å²) in [6.45, 7) is 3.15. The molecule has 0 unspecified atom stereocenters. The standard InChI is InChI=1S/C13H24N2S/c1-15(12-13-8-7-11-16-13)10-6-4-2-3-5-9-14/h7-8,11H,2-6,9-10,12,14H2,1H3. The fourth-order valence-electron chi connectivity index (χ4n) is 1.80. The van der Waals surface area contributed by atoms with Crippen molar-refractivity contribution in [2.75, 3.05) is 20.1 Å². The molecular formula is C13H24N2S. The highest BCUT2D eigenvalue weighted by Gasteiger charge is 2.00. The second-order valence-electron chi connectivity index (χ2n) is 4.37. The molecule has 2 nitrogen and oxygen atoms in total. The van der Waals surface area contributed by atoms with Gasteiger partial charge in [-0.3, -0.25) is 0 Å². The quantitative estimate of drug-likeness (QED) is 0.672. The summed E-state index contributed by atoms with van der Waals surface area (Å²) in [6.07, 6.45) is 6.47. The van der Waals surface area contributed by atoms with Crippen molar-refractivity contribution in [3.05, 3.63) is 22.4 Å². The lowest BCUT2D eigenvalue weighted by Gasteiger charge is -2.15. The first-order valence-electron chi connectivity index (χ1n) is 6.24. The Morgan fingerprint density at radius 3 is 2.62 bits per heavy atom. The Balaban J connectivity index is 1.96. The molecule has 0 aliphatic carbocycles. The van der Waals surface area contributed by atoms with Gasteiger partial charge < -0.3 is 10.6 Å². The first kappa shape index (κ1) is 13.7. The lowest BCUT2D eigenvalue weighted by Crippen LogP contribution is -2.18. The molecule has 0 spiro atoms. The van der Waals surface area contributed by atoms with E-state index in [1.807, 2.05) is 11.3 Å². The number of thiophene rings is 1. The molecule has 0 aromatic carbocycles. The van der Waals surface area contributed by atoms with Gasteiger partial charge in [0.15, 0.2) is 0 Å². The normalized spacial score (nSPS) is 11.2. The van der Waals surface area contributed by atoms with Crippen molar-refractivity contribution in [1.29, 1.82) is 0 Å². The van der Waals surface area contributed by atoms with Crippen LogP contribution in [0.3, 0.4) is 0 Å². The third kappa shape index (κ3) is 6.26. The van der Waals surface area contributed by atoms with E-state index in [1.165, 1.54) is 43.5 Å². The summed E-state index contributed by atoms with van der Waals surface area (Å²) in [4.78, 5) is 3.88. The van der Waals surface area contributed by atoms with Crippen LogP contribution in [-0.4, -0.2) is 25.0 Å². The molecule has 16 heavy (non-hydrogen) atoms. The summed E-state index contributed by atoms with van der Waals surface area (Å²) in [5, 5.41) is 2.15. The Labute approximate surface area is 103 Å². The van der Waals surface area contributed by atoms with Crippen LogP contribution in [0.15, 0.2) is 17.5 Å². The van der Waals surface area contributed by atoms with E-state index in [0.717, 1.165) is 13.1 Å². The van der Waals surface area contributed by atoms with Crippen LogP contribution in [0.25, 0.3) is 0 Å². The highest BCUT2D eigenvalue weighted by Crippen LogP contribution is 2.11. The predicted octanol–water partition coefficient (Wildman–Crippen LogP) is 3.09. The minimum atomic E-state index is 0.846. The van der Waals surface area contributed by atoms with Gasteiger partial charge in [0.2, 0.25) is 0 Å². The number of nitrogens with two attached hydrogens (primary N) is 1. The molecule has 2 N–H and O–H groups in total. The molecule has 92 valence electrons. The van der Waals surface area contributed by atoms with Crippen molar-refractivity contribution in [3.63, 3.8) is 0 Å². The highest BCUT2D eigenvalue weighted by molar-refractivity contribution is 7.09. The lowest BCUT2D eigenvalue weighted by molar-refractivity contribution is 0.319. The van der Waals surface area contributed by atoms with Gasteiger partial charge in [-0.1, -0.05) is 25.3 Å². The fourth-order valence-corrected chi connectivity index (χ4v) is 2.59. The van der Waals surface area contributed by atoms with E-state index in [-0.39, 0.29) is 0 Å². The number of unbranched alkanes of at least 4 members (excludes halogenated alkanes) is 4. The number of rotatable bonds is 9. The molecule has 0 amide bonds. The molecule has 1 aromatic heterocycles. The minimum absolute atomic E-state index is 0.846. The molecular weight excluding hydrogens is 216 g/mol. The topological polar surface area (TPSA) is 29.3 Å². The molecule has 0 fully saturated rings. The zero-order chi connectivity index (χ0) is 11.6. The van der Waals surface area contributed by atoms with Gasteiger partial charge in [0.05, 0.1) is 0 Å². The van der Waals surface area contributed by atoms with Crippen LogP contribution >= 0.6 is 11.3 Å². The lowest BCUT2D eigenvalue weighted by atomic mass is 10.1. The first-order valence-corrected chi connectivity index (χ1v) is 7.12. The maximum Gasteiger partial charge on any atom is 0.0324 e. The van der Waals surface area contributed by atoms with Crippen molar-refractivity contribution in [2.24, 2.45) is 5.73 Å². The third-order valence-corrected chi connectivity index (χ3v) is 3.61. The molecule has 0 radical (unpaired) electrons. The summed E-state index contributed by atoms with van der Waals surface area (Å²) < 4.78 is 0. The summed E-state index contributed by atoms with van der Waals surface area (Å²) in [7, 11) is 2.21. The molecule has 1 rings (SSSR count). The van der Waals surface area contributed by atoms with E-state index in [4.69, 9.17) is 5.73 Å². The van der Waals surface area contributed by atoms with Gasteiger partial charge in [0.25, 0.3) is 0 Å². The first-order chi connectivity index (χ1) is 7.83. The Kier molecular flexibility index (Phi) is 7.47. The average Bonchev–Trinajstić information content (AvgIpc) is 2.76. The fraction of sp³-hybridized carbons (Fsp3) is 0.692. The molecule has 0 atom stereocenters. The summed E-state index contributed by atoms with van der Waals surface area (Å²) in [5.74, 6) is 0. The maximum atomic E-state index is 5.46. The predicted molar refractivity (Wildman–Crippen MR) is 72.8 cm³/mol. The summed E-state index contributed by atoms with van der Waals surface area (Å²) in [6, 6.07) is 4.34.